The molecule has 2 aromatic rings. The van der Waals surface area contributed by atoms with E-state index in [1.165, 1.54) is 0 Å². The van der Waals surface area contributed by atoms with Crippen LogP contribution in [0.15, 0.2) is 24.5 Å². The Hall–Kier alpha value is -1.95. The van der Waals surface area contributed by atoms with Crippen LogP contribution in [0.2, 0.25) is 0 Å². The van der Waals surface area contributed by atoms with Crippen LogP contribution in [0.1, 0.15) is 31.4 Å². The number of ether oxygens (including phenoxy) is 1. The standard InChI is InChI=1S/C15H21N5O/c1-2-14-17-15(19-18-14)11-20-9-5-13(6-10-20)21-12-3-7-16-8-4-12/h3-4,7-8,13H,2,5-6,9-11H2,1H3,(H,17,18,19). The lowest BCUT2D eigenvalue weighted by Gasteiger charge is -2.31. The maximum atomic E-state index is 5.97. The summed E-state index contributed by atoms with van der Waals surface area (Å²) in [5.74, 6) is 2.76. The molecule has 0 radical (unpaired) electrons. The molecule has 6 nitrogen and oxygen atoms in total. The highest BCUT2D eigenvalue weighted by Gasteiger charge is 2.21. The van der Waals surface area contributed by atoms with Crippen LogP contribution in [0.3, 0.4) is 0 Å². The molecule has 1 N–H and O–H groups in total. The zero-order chi connectivity index (χ0) is 14.5. The van der Waals surface area contributed by atoms with Gasteiger partial charge in [-0.1, -0.05) is 6.92 Å². The maximum absolute atomic E-state index is 5.97. The van der Waals surface area contributed by atoms with Gasteiger partial charge in [-0.2, -0.15) is 5.10 Å². The number of H-pyrrole nitrogens is 1. The highest BCUT2D eigenvalue weighted by molar-refractivity contribution is 5.17. The predicted octanol–water partition coefficient (Wildman–Crippen LogP) is 1.81. The summed E-state index contributed by atoms with van der Waals surface area (Å²) in [6.45, 7) is 4.96. The van der Waals surface area contributed by atoms with Crippen LogP contribution in [0, 0.1) is 0 Å². The summed E-state index contributed by atoms with van der Waals surface area (Å²) in [6.07, 6.45) is 6.77. The Morgan fingerprint density at radius 2 is 2.05 bits per heavy atom. The minimum atomic E-state index is 0.296. The average Bonchev–Trinajstić information content (AvgIpc) is 2.98. The normalized spacial score (nSPS) is 17.0. The molecule has 0 unspecified atom stereocenters. The number of hydrogen-bond donors (Lipinski definition) is 1. The SMILES string of the molecule is CCc1n[nH]c(CN2CCC(Oc3ccncc3)CC2)n1. The molecule has 0 saturated carbocycles. The number of aromatic amines is 1. The van der Waals surface area contributed by atoms with Crippen molar-refractivity contribution in [3.63, 3.8) is 0 Å². The zero-order valence-electron chi connectivity index (χ0n) is 12.3. The van der Waals surface area contributed by atoms with Crippen molar-refractivity contribution in [2.45, 2.75) is 38.8 Å². The summed E-state index contributed by atoms with van der Waals surface area (Å²) in [4.78, 5) is 10.9. The molecule has 0 aromatic carbocycles. The predicted molar refractivity (Wildman–Crippen MR) is 78.9 cm³/mol. The first-order valence-corrected chi connectivity index (χ1v) is 7.52. The first-order valence-electron chi connectivity index (χ1n) is 7.52. The maximum Gasteiger partial charge on any atom is 0.150 e. The van der Waals surface area contributed by atoms with Gasteiger partial charge in [0.15, 0.2) is 0 Å². The van der Waals surface area contributed by atoms with Gasteiger partial charge in [-0.05, 0) is 25.0 Å². The molecule has 3 rings (SSSR count). The molecule has 1 fully saturated rings. The molecule has 1 aliphatic heterocycles. The van der Waals surface area contributed by atoms with Crippen LogP contribution in [0.4, 0.5) is 0 Å². The van der Waals surface area contributed by atoms with Gasteiger partial charge in [-0.15, -0.1) is 0 Å². The van der Waals surface area contributed by atoms with E-state index in [1.807, 2.05) is 12.1 Å². The highest BCUT2D eigenvalue weighted by atomic mass is 16.5. The van der Waals surface area contributed by atoms with Crippen LogP contribution >= 0.6 is 0 Å². The molecule has 3 heterocycles. The third kappa shape index (κ3) is 3.78. The smallest absolute Gasteiger partial charge is 0.150 e. The molecule has 21 heavy (non-hydrogen) atoms. The van der Waals surface area contributed by atoms with E-state index in [4.69, 9.17) is 4.74 Å². The molecule has 0 bridgehead atoms. The van der Waals surface area contributed by atoms with Gasteiger partial charge in [0.2, 0.25) is 0 Å². The van der Waals surface area contributed by atoms with Crippen molar-refractivity contribution in [1.29, 1.82) is 0 Å². The molecule has 1 saturated heterocycles. The lowest BCUT2D eigenvalue weighted by atomic mass is 10.1. The van der Waals surface area contributed by atoms with Crippen molar-refractivity contribution in [1.82, 2.24) is 25.1 Å². The minimum absolute atomic E-state index is 0.296. The Kier molecular flexibility index (Phi) is 4.45. The number of aromatic nitrogens is 4. The van der Waals surface area contributed by atoms with Crippen molar-refractivity contribution < 1.29 is 4.74 Å². The topological polar surface area (TPSA) is 66.9 Å². The molecular weight excluding hydrogens is 266 g/mol. The van der Waals surface area contributed by atoms with Gasteiger partial charge >= 0.3 is 0 Å². The monoisotopic (exact) mass is 287 g/mol. The van der Waals surface area contributed by atoms with Crippen LogP contribution in [-0.2, 0) is 13.0 Å². The number of likely N-dealkylation sites (tertiary alicyclic amines) is 1. The molecule has 1 aliphatic rings. The fraction of sp³-hybridized carbons (Fsp3) is 0.533. The fourth-order valence-electron chi connectivity index (χ4n) is 2.57. The summed E-state index contributed by atoms with van der Waals surface area (Å²) in [6, 6.07) is 3.82. The third-order valence-corrected chi connectivity index (χ3v) is 3.75. The molecule has 0 spiro atoms. The van der Waals surface area contributed by atoms with E-state index in [1.54, 1.807) is 12.4 Å². The summed E-state index contributed by atoms with van der Waals surface area (Å²) >= 11 is 0. The van der Waals surface area contributed by atoms with Gasteiger partial charge < -0.3 is 4.74 Å². The number of rotatable bonds is 5. The summed E-state index contributed by atoms with van der Waals surface area (Å²) < 4.78 is 5.97. The van der Waals surface area contributed by atoms with Crippen LogP contribution < -0.4 is 4.74 Å². The molecule has 0 atom stereocenters. The number of piperidine rings is 1. The third-order valence-electron chi connectivity index (χ3n) is 3.75. The lowest BCUT2D eigenvalue weighted by Crippen LogP contribution is -2.38. The van der Waals surface area contributed by atoms with E-state index < -0.39 is 0 Å². The number of nitrogens with zero attached hydrogens (tertiary/aromatic N) is 4. The number of hydrogen-bond acceptors (Lipinski definition) is 5. The fourth-order valence-corrected chi connectivity index (χ4v) is 2.57. The Morgan fingerprint density at radius 1 is 1.29 bits per heavy atom. The van der Waals surface area contributed by atoms with Gasteiger partial charge in [-0.3, -0.25) is 15.0 Å². The van der Waals surface area contributed by atoms with Crippen LogP contribution in [0.5, 0.6) is 5.75 Å². The van der Waals surface area contributed by atoms with Crippen molar-refractivity contribution in [3.8, 4) is 5.75 Å². The minimum Gasteiger partial charge on any atom is -0.490 e. The largest absolute Gasteiger partial charge is 0.490 e. The summed E-state index contributed by atoms with van der Waals surface area (Å²) in [5, 5.41) is 7.19. The van der Waals surface area contributed by atoms with Crippen LogP contribution in [0.25, 0.3) is 0 Å². The van der Waals surface area contributed by atoms with Crippen molar-refractivity contribution in [3.05, 3.63) is 36.2 Å². The lowest BCUT2D eigenvalue weighted by molar-refractivity contribution is 0.0953. The number of aryl methyl sites for hydroxylation is 1. The van der Waals surface area contributed by atoms with E-state index in [0.29, 0.717) is 6.10 Å². The second-order valence-electron chi connectivity index (χ2n) is 5.33. The van der Waals surface area contributed by atoms with Crippen molar-refractivity contribution >= 4 is 0 Å². The quantitative estimate of drug-likeness (QED) is 0.908. The number of nitrogens with one attached hydrogen (secondary N) is 1. The Morgan fingerprint density at radius 3 is 2.71 bits per heavy atom. The molecular formula is C15H21N5O. The molecule has 0 amide bonds. The van der Waals surface area contributed by atoms with Crippen LogP contribution in [-0.4, -0.2) is 44.3 Å². The molecule has 0 aliphatic carbocycles. The zero-order valence-corrected chi connectivity index (χ0v) is 12.3. The molecule has 112 valence electrons. The van der Waals surface area contributed by atoms with Gasteiger partial charge in [0.1, 0.15) is 23.5 Å². The first kappa shape index (κ1) is 14.0. The summed E-state index contributed by atoms with van der Waals surface area (Å²) in [7, 11) is 0. The Bertz CT molecular complexity index is 548. The van der Waals surface area contributed by atoms with Gasteiger partial charge in [-0.25, -0.2) is 4.98 Å². The van der Waals surface area contributed by atoms with E-state index in [0.717, 1.165) is 56.3 Å². The Balaban J connectivity index is 1.46. The first-order chi connectivity index (χ1) is 10.3. The van der Waals surface area contributed by atoms with E-state index in [9.17, 15) is 0 Å². The molecule has 6 heteroatoms. The highest BCUT2D eigenvalue weighted by Crippen LogP contribution is 2.18. The average molecular weight is 287 g/mol. The van der Waals surface area contributed by atoms with Gasteiger partial charge in [0, 0.05) is 31.9 Å². The molecule has 2 aromatic heterocycles. The second-order valence-corrected chi connectivity index (χ2v) is 5.33. The van der Waals surface area contributed by atoms with E-state index >= 15 is 0 Å². The summed E-state index contributed by atoms with van der Waals surface area (Å²) in [5.41, 5.74) is 0. The van der Waals surface area contributed by atoms with E-state index in [2.05, 4.69) is 32.0 Å². The van der Waals surface area contributed by atoms with Gasteiger partial charge in [0.05, 0.1) is 6.54 Å². The van der Waals surface area contributed by atoms with Crippen molar-refractivity contribution in [2.75, 3.05) is 13.1 Å². The van der Waals surface area contributed by atoms with E-state index in [-0.39, 0.29) is 0 Å². The van der Waals surface area contributed by atoms with Crippen molar-refractivity contribution in [2.24, 2.45) is 0 Å². The van der Waals surface area contributed by atoms with Gasteiger partial charge in [0.25, 0.3) is 0 Å². The Labute approximate surface area is 124 Å². The number of pyridine rings is 1. The second kappa shape index (κ2) is 6.67.